The largest absolute Gasteiger partial charge is 0.488 e. The molecule has 0 saturated heterocycles. The highest BCUT2D eigenvalue weighted by Crippen LogP contribution is 2.23. The minimum Gasteiger partial charge on any atom is -0.488 e. The molecule has 1 aromatic carbocycles. The van der Waals surface area contributed by atoms with Gasteiger partial charge in [0.25, 0.3) is 0 Å². The Morgan fingerprint density at radius 2 is 1.85 bits per heavy atom. The van der Waals surface area contributed by atoms with Gasteiger partial charge in [0.05, 0.1) is 12.2 Å². The molecule has 2 rings (SSSR count). The molecule has 1 saturated carbocycles. The van der Waals surface area contributed by atoms with Gasteiger partial charge in [0, 0.05) is 0 Å². The first-order valence-electron chi connectivity index (χ1n) is 7.77. The van der Waals surface area contributed by atoms with Gasteiger partial charge in [-0.2, -0.15) is 0 Å². The van der Waals surface area contributed by atoms with Gasteiger partial charge in [-0.25, -0.2) is 0 Å². The lowest BCUT2D eigenvalue weighted by molar-refractivity contribution is 0.0320. The summed E-state index contributed by atoms with van der Waals surface area (Å²) >= 11 is 0. The topological polar surface area (TPSA) is 49.7 Å². The fraction of sp³-hybridized carbons (Fsp3) is 0.647. The molecule has 20 heavy (non-hydrogen) atoms. The quantitative estimate of drug-likeness (QED) is 0.814. The van der Waals surface area contributed by atoms with Gasteiger partial charge in [0.1, 0.15) is 11.9 Å². The Bertz CT molecular complexity index is 386. The minimum atomic E-state index is -0.340. The SMILES string of the molecule is CC(O)CCc1ccc(OC2CCCCCC2O)cc1. The molecule has 0 amide bonds. The highest BCUT2D eigenvalue weighted by atomic mass is 16.5. The first kappa shape index (κ1) is 15.3. The minimum absolute atomic E-state index is 0.0687. The molecule has 3 unspecified atom stereocenters. The molecular weight excluding hydrogens is 252 g/mol. The Morgan fingerprint density at radius 3 is 2.55 bits per heavy atom. The van der Waals surface area contributed by atoms with Crippen LogP contribution in [0.4, 0.5) is 0 Å². The van der Waals surface area contributed by atoms with E-state index in [1.54, 1.807) is 0 Å². The average molecular weight is 278 g/mol. The Balaban J connectivity index is 1.89. The number of aryl methyl sites for hydroxylation is 1. The summed E-state index contributed by atoms with van der Waals surface area (Å²) in [5, 5.41) is 19.3. The van der Waals surface area contributed by atoms with Crippen LogP contribution in [-0.2, 0) is 6.42 Å². The second-order valence-electron chi connectivity index (χ2n) is 5.89. The summed E-state index contributed by atoms with van der Waals surface area (Å²) in [6.07, 6.45) is 6.19. The van der Waals surface area contributed by atoms with E-state index in [4.69, 9.17) is 4.74 Å². The van der Waals surface area contributed by atoms with Crippen molar-refractivity contribution in [1.29, 1.82) is 0 Å². The van der Waals surface area contributed by atoms with Gasteiger partial charge in [-0.1, -0.05) is 25.0 Å². The lowest BCUT2D eigenvalue weighted by Crippen LogP contribution is -2.30. The van der Waals surface area contributed by atoms with E-state index in [9.17, 15) is 10.2 Å². The van der Waals surface area contributed by atoms with Crippen LogP contribution < -0.4 is 4.74 Å². The van der Waals surface area contributed by atoms with Crippen LogP contribution in [0.1, 0.15) is 51.0 Å². The maximum absolute atomic E-state index is 10.1. The average Bonchev–Trinajstić information content (AvgIpc) is 2.63. The number of ether oxygens (including phenoxy) is 1. The van der Waals surface area contributed by atoms with Crippen LogP contribution in [0.5, 0.6) is 5.75 Å². The van der Waals surface area contributed by atoms with Crippen molar-refractivity contribution in [2.45, 2.75) is 70.2 Å². The van der Waals surface area contributed by atoms with E-state index in [0.29, 0.717) is 0 Å². The maximum Gasteiger partial charge on any atom is 0.124 e. The smallest absolute Gasteiger partial charge is 0.124 e. The summed E-state index contributed by atoms with van der Waals surface area (Å²) in [5.74, 6) is 0.830. The number of rotatable bonds is 5. The zero-order chi connectivity index (χ0) is 14.4. The molecule has 0 bridgehead atoms. The lowest BCUT2D eigenvalue weighted by Gasteiger charge is -2.22. The number of hydrogen-bond acceptors (Lipinski definition) is 3. The van der Waals surface area contributed by atoms with E-state index in [0.717, 1.165) is 44.3 Å². The Kier molecular flexibility index (Phi) is 5.86. The first-order chi connectivity index (χ1) is 9.65. The molecule has 3 atom stereocenters. The first-order valence-corrected chi connectivity index (χ1v) is 7.77. The highest BCUT2D eigenvalue weighted by Gasteiger charge is 2.23. The molecule has 3 heteroatoms. The molecule has 1 aliphatic carbocycles. The van der Waals surface area contributed by atoms with Gasteiger partial charge in [-0.15, -0.1) is 0 Å². The van der Waals surface area contributed by atoms with Crippen molar-refractivity contribution in [3.63, 3.8) is 0 Å². The van der Waals surface area contributed by atoms with E-state index in [2.05, 4.69) is 0 Å². The molecule has 0 aromatic heterocycles. The van der Waals surface area contributed by atoms with Crippen LogP contribution in [0.25, 0.3) is 0 Å². The summed E-state index contributed by atoms with van der Waals surface area (Å²) in [5.41, 5.74) is 1.21. The van der Waals surface area contributed by atoms with Crippen LogP contribution in [-0.4, -0.2) is 28.5 Å². The van der Waals surface area contributed by atoms with Gasteiger partial charge >= 0.3 is 0 Å². The van der Waals surface area contributed by atoms with Crippen LogP contribution in [0.2, 0.25) is 0 Å². The lowest BCUT2D eigenvalue weighted by atomic mass is 10.1. The fourth-order valence-electron chi connectivity index (χ4n) is 2.68. The zero-order valence-corrected chi connectivity index (χ0v) is 12.3. The summed E-state index contributed by atoms with van der Waals surface area (Å²) in [7, 11) is 0. The molecule has 0 spiro atoms. The molecule has 0 radical (unpaired) electrons. The van der Waals surface area contributed by atoms with Crippen LogP contribution >= 0.6 is 0 Å². The molecule has 1 aromatic rings. The third kappa shape index (κ3) is 4.80. The molecule has 0 heterocycles. The maximum atomic E-state index is 10.1. The van der Waals surface area contributed by atoms with Crippen molar-refractivity contribution in [3.05, 3.63) is 29.8 Å². The second kappa shape index (κ2) is 7.65. The van der Waals surface area contributed by atoms with E-state index in [1.165, 1.54) is 12.0 Å². The van der Waals surface area contributed by atoms with Crippen molar-refractivity contribution in [2.75, 3.05) is 0 Å². The van der Waals surface area contributed by atoms with Gasteiger partial charge in [0.15, 0.2) is 0 Å². The van der Waals surface area contributed by atoms with Crippen LogP contribution in [0.3, 0.4) is 0 Å². The summed E-state index contributed by atoms with van der Waals surface area (Å²) in [6.45, 7) is 1.81. The predicted molar refractivity (Wildman–Crippen MR) is 80.0 cm³/mol. The van der Waals surface area contributed by atoms with E-state index < -0.39 is 0 Å². The summed E-state index contributed by atoms with van der Waals surface area (Å²) in [6, 6.07) is 8.02. The second-order valence-corrected chi connectivity index (χ2v) is 5.89. The van der Waals surface area contributed by atoms with Crippen LogP contribution in [0, 0.1) is 0 Å². The third-order valence-electron chi connectivity index (χ3n) is 3.98. The number of aliphatic hydroxyl groups excluding tert-OH is 2. The molecular formula is C17H26O3. The van der Waals surface area contributed by atoms with Gasteiger partial charge < -0.3 is 14.9 Å². The van der Waals surface area contributed by atoms with Crippen molar-refractivity contribution < 1.29 is 14.9 Å². The molecule has 112 valence electrons. The van der Waals surface area contributed by atoms with Gasteiger partial charge in [-0.05, 0) is 56.7 Å². The van der Waals surface area contributed by atoms with Crippen molar-refractivity contribution in [3.8, 4) is 5.75 Å². The number of hydrogen-bond donors (Lipinski definition) is 2. The predicted octanol–water partition coefficient (Wildman–Crippen LogP) is 3.07. The van der Waals surface area contributed by atoms with E-state index in [-0.39, 0.29) is 18.3 Å². The summed E-state index contributed by atoms with van der Waals surface area (Å²) < 4.78 is 5.93. The standard InChI is InChI=1S/C17H26O3/c1-13(18)7-8-14-9-11-15(12-10-14)20-17-6-4-2-3-5-16(17)19/h9-13,16-19H,2-8H2,1H3. The van der Waals surface area contributed by atoms with Crippen molar-refractivity contribution in [2.24, 2.45) is 0 Å². The zero-order valence-electron chi connectivity index (χ0n) is 12.3. The molecule has 0 aliphatic heterocycles. The van der Waals surface area contributed by atoms with E-state index >= 15 is 0 Å². The monoisotopic (exact) mass is 278 g/mol. The Morgan fingerprint density at radius 1 is 1.15 bits per heavy atom. The Hall–Kier alpha value is -1.06. The molecule has 2 N–H and O–H groups in total. The van der Waals surface area contributed by atoms with Gasteiger partial charge in [-0.3, -0.25) is 0 Å². The molecule has 1 aliphatic rings. The molecule has 3 nitrogen and oxygen atoms in total. The highest BCUT2D eigenvalue weighted by molar-refractivity contribution is 5.27. The van der Waals surface area contributed by atoms with Crippen molar-refractivity contribution >= 4 is 0 Å². The molecule has 1 fully saturated rings. The fourth-order valence-corrected chi connectivity index (χ4v) is 2.68. The van der Waals surface area contributed by atoms with E-state index in [1.807, 2.05) is 31.2 Å². The van der Waals surface area contributed by atoms with Crippen molar-refractivity contribution in [1.82, 2.24) is 0 Å². The normalized spacial score (nSPS) is 24.9. The Labute approximate surface area is 121 Å². The number of aliphatic hydroxyl groups is 2. The van der Waals surface area contributed by atoms with Crippen LogP contribution in [0.15, 0.2) is 24.3 Å². The van der Waals surface area contributed by atoms with Gasteiger partial charge in [0.2, 0.25) is 0 Å². The third-order valence-corrected chi connectivity index (χ3v) is 3.98. The summed E-state index contributed by atoms with van der Waals surface area (Å²) in [4.78, 5) is 0. The number of benzene rings is 1.